The molecule has 0 aromatic heterocycles. The third-order valence-corrected chi connectivity index (χ3v) is 6.64. The van der Waals surface area contributed by atoms with E-state index in [0.717, 1.165) is 5.56 Å². The van der Waals surface area contributed by atoms with Crippen LogP contribution in [0, 0.1) is 5.92 Å². The average molecular weight is 381 g/mol. The molecule has 1 aliphatic carbocycles. The van der Waals surface area contributed by atoms with Gasteiger partial charge < -0.3 is 10.4 Å². The fourth-order valence-corrected chi connectivity index (χ4v) is 4.56. The van der Waals surface area contributed by atoms with Crippen molar-refractivity contribution >= 4 is 21.7 Å². The van der Waals surface area contributed by atoms with Crippen molar-refractivity contribution in [3.8, 4) is 0 Å². The number of carbonyl (C=O) groups excluding carboxylic acids is 1. The first-order valence-electron chi connectivity index (χ1n) is 9.01. The Kier molecular flexibility index (Phi) is 6.81. The molecule has 0 atom stereocenters. The number of rotatable bonds is 8. The fraction of sp³-hybridized carbons (Fsp3) is 0.579. The maximum atomic E-state index is 12.2. The quantitative estimate of drug-likeness (QED) is 0.719. The number of carboxylic acid groups (broad SMARTS) is 1. The molecule has 0 bridgehead atoms. The van der Waals surface area contributed by atoms with Crippen molar-refractivity contribution in [2.24, 2.45) is 5.92 Å². The van der Waals surface area contributed by atoms with Gasteiger partial charge in [-0.1, -0.05) is 37.3 Å². The third kappa shape index (κ3) is 5.83. The molecular formula is C19H27NO5S. The highest BCUT2D eigenvalue weighted by Crippen LogP contribution is 2.32. The Morgan fingerprint density at radius 3 is 2.38 bits per heavy atom. The zero-order chi connectivity index (χ0) is 19.2. The summed E-state index contributed by atoms with van der Waals surface area (Å²) in [5, 5.41) is 12.0. The minimum absolute atomic E-state index is 0.0909. The molecule has 144 valence electrons. The summed E-state index contributed by atoms with van der Waals surface area (Å²) in [4.78, 5) is 23.8. The summed E-state index contributed by atoms with van der Waals surface area (Å²) in [6.07, 6.45) is 3.14. The Morgan fingerprint density at radius 2 is 1.81 bits per heavy atom. The highest BCUT2D eigenvalue weighted by molar-refractivity contribution is 7.92. The Labute approximate surface area is 154 Å². The van der Waals surface area contributed by atoms with Gasteiger partial charge in [0.05, 0.1) is 5.75 Å². The molecule has 1 aromatic rings. The molecule has 6 nitrogen and oxygen atoms in total. The van der Waals surface area contributed by atoms with Gasteiger partial charge in [-0.05, 0) is 50.0 Å². The number of hydrogen-bond acceptors (Lipinski definition) is 4. The van der Waals surface area contributed by atoms with E-state index in [-0.39, 0.29) is 5.75 Å². The molecule has 0 spiro atoms. The summed E-state index contributed by atoms with van der Waals surface area (Å²) < 4.78 is 24.4. The largest absolute Gasteiger partial charge is 0.480 e. The number of carbonyl (C=O) groups is 2. The fourth-order valence-electron chi connectivity index (χ4n) is 3.36. The van der Waals surface area contributed by atoms with Crippen molar-refractivity contribution in [2.45, 2.75) is 51.0 Å². The highest BCUT2D eigenvalue weighted by Gasteiger charge is 2.42. The number of aliphatic carboxylic acids is 1. The number of hydrogen-bond donors (Lipinski definition) is 2. The van der Waals surface area contributed by atoms with Crippen LogP contribution in [0.25, 0.3) is 0 Å². The van der Waals surface area contributed by atoms with E-state index in [1.807, 2.05) is 37.3 Å². The van der Waals surface area contributed by atoms with Crippen molar-refractivity contribution in [1.82, 2.24) is 5.32 Å². The molecule has 1 aromatic carbocycles. The van der Waals surface area contributed by atoms with Crippen molar-refractivity contribution in [1.29, 1.82) is 0 Å². The maximum Gasteiger partial charge on any atom is 0.329 e. The Balaban J connectivity index is 1.87. The monoisotopic (exact) mass is 381 g/mol. The lowest BCUT2D eigenvalue weighted by Gasteiger charge is -2.36. The Bertz CT molecular complexity index is 722. The lowest BCUT2D eigenvalue weighted by Crippen LogP contribution is -2.57. The van der Waals surface area contributed by atoms with Crippen molar-refractivity contribution < 1.29 is 23.1 Å². The molecule has 0 heterocycles. The standard InChI is InChI=1S/C19H27NO5S/c1-15-9-11-19(12-10-15,18(22)23)20-17(21)14-26(24,25)13-5-8-16-6-3-2-4-7-16/h2-4,6-7,15H,5,8-14H2,1H3,(H,20,21)(H,22,23). The van der Waals surface area contributed by atoms with Crippen LogP contribution >= 0.6 is 0 Å². The van der Waals surface area contributed by atoms with Gasteiger partial charge in [0.15, 0.2) is 9.84 Å². The van der Waals surface area contributed by atoms with E-state index in [1.54, 1.807) is 0 Å². The predicted octanol–water partition coefficient (Wildman–Crippen LogP) is 2.18. The second kappa shape index (κ2) is 8.66. The maximum absolute atomic E-state index is 12.2. The smallest absolute Gasteiger partial charge is 0.329 e. The van der Waals surface area contributed by atoms with Crippen LogP contribution in [0.2, 0.25) is 0 Å². The van der Waals surface area contributed by atoms with Crippen molar-refractivity contribution in [3.63, 3.8) is 0 Å². The van der Waals surface area contributed by atoms with Crippen LogP contribution in [0.4, 0.5) is 0 Å². The van der Waals surface area contributed by atoms with Gasteiger partial charge in [-0.15, -0.1) is 0 Å². The van der Waals surface area contributed by atoms with E-state index in [0.29, 0.717) is 44.4 Å². The van der Waals surface area contributed by atoms with Crippen LogP contribution in [0.15, 0.2) is 30.3 Å². The van der Waals surface area contributed by atoms with Gasteiger partial charge in [0.2, 0.25) is 5.91 Å². The minimum Gasteiger partial charge on any atom is -0.480 e. The molecule has 2 N–H and O–H groups in total. The summed E-state index contributed by atoms with van der Waals surface area (Å²) in [5.41, 5.74) is -0.281. The van der Waals surface area contributed by atoms with E-state index >= 15 is 0 Å². The van der Waals surface area contributed by atoms with Crippen LogP contribution in [0.1, 0.15) is 44.6 Å². The minimum atomic E-state index is -3.57. The number of sulfone groups is 1. The third-order valence-electron chi connectivity index (χ3n) is 5.03. The first-order chi connectivity index (χ1) is 12.2. The average Bonchev–Trinajstić information content (AvgIpc) is 2.57. The molecule has 1 saturated carbocycles. The van der Waals surface area contributed by atoms with Gasteiger partial charge >= 0.3 is 5.97 Å². The molecule has 1 amide bonds. The van der Waals surface area contributed by atoms with Gasteiger partial charge in [-0.3, -0.25) is 4.79 Å². The summed E-state index contributed by atoms with van der Waals surface area (Å²) in [6, 6.07) is 9.55. The number of benzene rings is 1. The van der Waals surface area contributed by atoms with E-state index < -0.39 is 33.0 Å². The van der Waals surface area contributed by atoms with Crippen molar-refractivity contribution in [2.75, 3.05) is 11.5 Å². The summed E-state index contributed by atoms with van der Waals surface area (Å²) in [6.45, 7) is 2.05. The topological polar surface area (TPSA) is 101 Å². The molecule has 1 aliphatic rings. The number of aryl methyl sites for hydroxylation is 1. The predicted molar refractivity (Wildman–Crippen MR) is 99.6 cm³/mol. The first kappa shape index (κ1) is 20.4. The normalized spacial score (nSPS) is 23.3. The van der Waals surface area contributed by atoms with Gasteiger partial charge in [-0.25, -0.2) is 13.2 Å². The molecule has 0 aliphatic heterocycles. The number of carboxylic acids is 1. The van der Waals surface area contributed by atoms with E-state index in [9.17, 15) is 23.1 Å². The van der Waals surface area contributed by atoms with Gasteiger partial charge in [0.25, 0.3) is 0 Å². The molecule has 0 saturated heterocycles. The summed E-state index contributed by atoms with van der Waals surface area (Å²) in [5.74, 6) is -2.14. The van der Waals surface area contributed by atoms with Crippen LogP contribution in [0.5, 0.6) is 0 Å². The molecule has 1 fully saturated rings. The van der Waals surface area contributed by atoms with E-state index in [4.69, 9.17) is 0 Å². The highest BCUT2D eigenvalue weighted by atomic mass is 32.2. The zero-order valence-electron chi connectivity index (χ0n) is 15.1. The molecular weight excluding hydrogens is 354 g/mol. The van der Waals surface area contributed by atoms with Crippen LogP contribution in [-0.4, -0.2) is 42.4 Å². The van der Waals surface area contributed by atoms with Crippen LogP contribution in [0.3, 0.4) is 0 Å². The Hall–Kier alpha value is -1.89. The van der Waals surface area contributed by atoms with Crippen LogP contribution < -0.4 is 5.32 Å². The lowest BCUT2D eigenvalue weighted by atomic mass is 9.77. The SMILES string of the molecule is CC1CCC(NC(=O)CS(=O)(=O)CCCc2ccccc2)(C(=O)O)CC1. The molecule has 7 heteroatoms. The van der Waals surface area contributed by atoms with Crippen LogP contribution in [-0.2, 0) is 25.8 Å². The summed E-state index contributed by atoms with van der Waals surface area (Å²) >= 11 is 0. The zero-order valence-corrected chi connectivity index (χ0v) is 15.9. The van der Waals surface area contributed by atoms with Gasteiger partial charge in [0.1, 0.15) is 11.3 Å². The van der Waals surface area contributed by atoms with Gasteiger partial charge in [-0.2, -0.15) is 0 Å². The van der Waals surface area contributed by atoms with Gasteiger partial charge in [0, 0.05) is 0 Å². The number of amides is 1. The molecule has 0 unspecified atom stereocenters. The summed E-state index contributed by atoms with van der Waals surface area (Å²) in [7, 11) is -3.57. The lowest BCUT2D eigenvalue weighted by molar-refractivity contribution is -0.149. The second-order valence-corrected chi connectivity index (χ2v) is 9.48. The van der Waals surface area contributed by atoms with Crippen molar-refractivity contribution in [3.05, 3.63) is 35.9 Å². The first-order valence-corrected chi connectivity index (χ1v) is 10.8. The molecule has 2 rings (SSSR count). The molecule has 26 heavy (non-hydrogen) atoms. The second-order valence-electron chi connectivity index (χ2n) is 7.30. The molecule has 0 radical (unpaired) electrons. The Morgan fingerprint density at radius 1 is 1.19 bits per heavy atom. The number of nitrogens with one attached hydrogen (secondary N) is 1. The van der Waals surface area contributed by atoms with E-state index in [2.05, 4.69) is 5.32 Å². The van der Waals surface area contributed by atoms with E-state index in [1.165, 1.54) is 0 Å².